The third-order valence-corrected chi connectivity index (χ3v) is 0. The van der Waals surface area contributed by atoms with Gasteiger partial charge in [-0.1, -0.05) is 0 Å². The van der Waals surface area contributed by atoms with Crippen molar-refractivity contribution in [2.24, 2.45) is 0 Å². The first kappa shape index (κ1) is 50.3. The summed E-state index contributed by atoms with van der Waals surface area (Å²) in [5.74, 6) is 0. The van der Waals surface area contributed by atoms with Crippen LogP contribution in [0.1, 0.15) is 0 Å². The van der Waals surface area contributed by atoms with Crippen molar-refractivity contribution in [2.75, 3.05) is 0 Å². The molecule has 74 valence electrons. The molecule has 7 nitrogen and oxygen atoms in total. The second kappa shape index (κ2) is 31.3. The molecular formula is CoCuNa4O7S2+4. The predicted molar refractivity (Wildman–Crippen MR) is 20.0 cm³/mol. The molecular weight excluding hydrogens is 391 g/mol. The molecule has 0 rings (SSSR count). The topological polar surface area (TPSA) is 137 Å². The molecule has 0 amide bonds. The van der Waals surface area contributed by atoms with Gasteiger partial charge in [0.05, 0.1) is 0 Å². The second-order valence-corrected chi connectivity index (χ2v) is 1.84. The van der Waals surface area contributed by atoms with E-state index in [1.165, 1.54) is 0 Å². The molecule has 0 atom stereocenters. The molecule has 0 N–H and O–H groups in total. The summed E-state index contributed by atoms with van der Waals surface area (Å²) in [7, 11) is -8.28. The van der Waals surface area contributed by atoms with Crippen molar-refractivity contribution >= 4 is 21.4 Å². The SMILES string of the molecule is O=S(=O)([O-])[O-].O=[S-](=O)[O-].[Co+2].[Cu+2].[Na+].[Na+].[Na+].[Na+]. The summed E-state index contributed by atoms with van der Waals surface area (Å²) in [6.07, 6.45) is 0. The molecule has 0 fully saturated rings. The van der Waals surface area contributed by atoms with E-state index in [1.807, 2.05) is 0 Å². The Morgan fingerprint density at radius 3 is 0.867 bits per heavy atom. The van der Waals surface area contributed by atoms with Gasteiger partial charge in [-0.05, 0) is 0 Å². The molecule has 0 aromatic carbocycles. The van der Waals surface area contributed by atoms with E-state index < -0.39 is 21.4 Å². The molecule has 0 aromatic heterocycles. The maximum atomic E-state index is 8.52. The van der Waals surface area contributed by atoms with Crippen LogP contribution in [0.4, 0.5) is 0 Å². The van der Waals surface area contributed by atoms with Gasteiger partial charge >= 0.3 is 152 Å². The van der Waals surface area contributed by atoms with Crippen molar-refractivity contribution in [2.45, 2.75) is 0 Å². The quantitative estimate of drug-likeness (QED) is 0.132. The summed E-state index contributed by atoms with van der Waals surface area (Å²) in [5.41, 5.74) is 0. The van der Waals surface area contributed by atoms with Crippen molar-refractivity contribution in [1.82, 2.24) is 0 Å². The first-order valence-electron chi connectivity index (χ1n) is 1.17. The molecule has 0 aliphatic carbocycles. The van der Waals surface area contributed by atoms with Crippen LogP contribution in [0.3, 0.4) is 0 Å². The van der Waals surface area contributed by atoms with Crippen LogP contribution in [0, 0.1) is 0 Å². The van der Waals surface area contributed by atoms with Crippen LogP contribution in [0.2, 0.25) is 0 Å². The van der Waals surface area contributed by atoms with E-state index in [1.54, 1.807) is 0 Å². The Hall–Kier alpha value is 4.81. The van der Waals surface area contributed by atoms with Crippen molar-refractivity contribution < 1.29 is 183 Å². The van der Waals surface area contributed by atoms with Gasteiger partial charge in [-0.25, -0.2) is 0 Å². The summed E-state index contributed by atoms with van der Waals surface area (Å²) >= 11 is 0. The largest absolute Gasteiger partial charge is 2.00 e. The molecule has 0 aliphatic heterocycles. The van der Waals surface area contributed by atoms with Crippen LogP contribution >= 0.6 is 0 Å². The van der Waals surface area contributed by atoms with Crippen molar-refractivity contribution in [3.8, 4) is 0 Å². The van der Waals surface area contributed by atoms with Crippen molar-refractivity contribution in [3.05, 3.63) is 0 Å². The minimum atomic E-state index is -5.17. The number of rotatable bonds is 0. The van der Waals surface area contributed by atoms with Crippen LogP contribution < -0.4 is 118 Å². The summed E-state index contributed by atoms with van der Waals surface area (Å²) in [4.78, 5) is 0. The van der Waals surface area contributed by atoms with E-state index in [9.17, 15) is 0 Å². The van der Waals surface area contributed by atoms with Gasteiger partial charge in [0.15, 0.2) is 0 Å². The standard InChI is InChI=1S/Co.Cu.4Na.H2O4S.O3S/c;;;;;;1-5(2,3)4;1-4(2)3/h;;;;;;(H2,1,2,3,4);/q2*+2;4*+1;;-2/p-2. The average Bonchev–Trinajstić information content (AvgIpc) is 1.19. The Morgan fingerprint density at radius 1 is 0.867 bits per heavy atom. The zero-order chi connectivity index (χ0) is 8.08. The fourth-order valence-corrected chi connectivity index (χ4v) is 0. The fraction of sp³-hybridized carbons (Fsp3) is 0. The number of hydrogen-bond donors (Lipinski definition) is 0. The molecule has 15 heavy (non-hydrogen) atoms. The van der Waals surface area contributed by atoms with E-state index in [-0.39, 0.29) is 152 Å². The molecule has 0 aromatic rings. The summed E-state index contributed by atoms with van der Waals surface area (Å²) in [6.45, 7) is 0. The van der Waals surface area contributed by atoms with Crippen LogP contribution in [0.15, 0.2) is 0 Å². The van der Waals surface area contributed by atoms with Gasteiger partial charge in [0.25, 0.3) is 0 Å². The van der Waals surface area contributed by atoms with Gasteiger partial charge in [-0.3, -0.25) is 8.42 Å². The average molecular weight is 391 g/mol. The van der Waals surface area contributed by atoms with Crippen LogP contribution in [0.25, 0.3) is 0 Å². The Balaban J connectivity index is -0.00000000785. The van der Waals surface area contributed by atoms with Gasteiger partial charge < -0.3 is 22.1 Å². The minimum absolute atomic E-state index is 0. The molecule has 0 aliphatic rings. The van der Waals surface area contributed by atoms with Crippen LogP contribution in [-0.4, -0.2) is 22.1 Å². The molecule has 2 radical (unpaired) electrons. The molecule has 0 saturated heterocycles. The van der Waals surface area contributed by atoms with Gasteiger partial charge in [0.1, 0.15) is 0 Å². The zero-order valence-electron chi connectivity index (χ0n) is 8.31. The molecule has 15 heteroatoms. The number of hydrogen-bond acceptors (Lipinski definition) is 8. The third-order valence-electron chi connectivity index (χ3n) is 0. The molecule has 0 spiro atoms. The monoisotopic (exact) mass is 390 g/mol. The summed E-state index contributed by atoms with van der Waals surface area (Å²) in [6, 6.07) is 0. The summed E-state index contributed by atoms with van der Waals surface area (Å²) in [5, 5.41) is 0. The van der Waals surface area contributed by atoms with Gasteiger partial charge in [-0.2, -0.15) is 11.0 Å². The van der Waals surface area contributed by atoms with Crippen LogP contribution in [0.5, 0.6) is 0 Å². The maximum absolute atomic E-state index is 8.52. The molecule has 0 heterocycles. The van der Waals surface area contributed by atoms with E-state index in [0.29, 0.717) is 0 Å². The van der Waals surface area contributed by atoms with Gasteiger partial charge in [0.2, 0.25) is 0 Å². The Labute approximate surface area is 199 Å². The van der Waals surface area contributed by atoms with Crippen molar-refractivity contribution in [3.63, 3.8) is 0 Å². The van der Waals surface area contributed by atoms with E-state index in [4.69, 9.17) is 30.5 Å². The predicted octanol–water partition coefficient (Wildman–Crippen LogP) is -13.9. The Morgan fingerprint density at radius 2 is 0.867 bits per heavy atom. The normalized spacial score (nSPS) is 6.13. The molecule has 0 bridgehead atoms. The van der Waals surface area contributed by atoms with Gasteiger partial charge in [0, 0.05) is 10.4 Å². The Kier molecular flexibility index (Phi) is 105. The van der Waals surface area contributed by atoms with Crippen LogP contribution in [-0.2, 0) is 63.6 Å². The summed E-state index contributed by atoms with van der Waals surface area (Å²) < 4.78 is 59.4. The molecule has 0 saturated carbocycles. The van der Waals surface area contributed by atoms with E-state index in [0.717, 1.165) is 0 Å². The smallest absolute Gasteiger partial charge is 0.917 e. The first-order valence-corrected chi connectivity index (χ1v) is 3.50. The van der Waals surface area contributed by atoms with Gasteiger partial charge in [-0.15, -0.1) is 0 Å². The fourth-order valence-electron chi connectivity index (χ4n) is 0. The van der Waals surface area contributed by atoms with E-state index >= 15 is 0 Å². The van der Waals surface area contributed by atoms with E-state index in [2.05, 4.69) is 0 Å². The zero-order valence-corrected chi connectivity index (χ0v) is 19.9. The van der Waals surface area contributed by atoms with Crippen molar-refractivity contribution in [1.29, 1.82) is 0 Å². The second-order valence-electron chi connectivity index (χ2n) is 0.612. The maximum Gasteiger partial charge on any atom is 2.00 e. The first-order chi connectivity index (χ1) is 3.73. The third kappa shape index (κ3) is 230. The minimum Gasteiger partial charge on any atom is -0.917 e. The Bertz CT molecular complexity index is 209. The molecule has 0 unspecified atom stereocenters.